The van der Waals surface area contributed by atoms with Gasteiger partial charge in [-0.2, -0.15) is 0 Å². The number of likely N-dealkylation sites (tertiary alicyclic amines) is 1. The number of nitrogens with zero attached hydrogens (tertiary/aromatic N) is 1. The Balaban J connectivity index is 2.15. The van der Waals surface area contributed by atoms with Crippen molar-refractivity contribution in [1.29, 1.82) is 0 Å². The molecule has 0 aromatic heterocycles. The number of ketones is 1. The lowest BCUT2D eigenvalue weighted by molar-refractivity contribution is -0.153. The molecule has 1 saturated carbocycles. The number of methoxy groups -OCH3 is 1. The molecule has 1 aliphatic carbocycles. The molecule has 0 N–H and O–H groups in total. The Morgan fingerprint density at radius 1 is 1.21 bits per heavy atom. The van der Waals surface area contributed by atoms with E-state index in [1.165, 1.54) is 7.11 Å². The summed E-state index contributed by atoms with van der Waals surface area (Å²) in [5, 5.41) is 0. The van der Waals surface area contributed by atoms with Crippen LogP contribution in [0, 0.1) is 17.3 Å². The Bertz CT molecular complexity index is 524. The van der Waals surface area contributed by atoms with Crippen LogP contribution in [0.25, 0.3) is 0 Å². The van der Waals surface area contributed by atoms with Gasteiger partial charge in [0.15, 0.2) is 0 Å². The minimum absolute atomic E-state index is 0.0208. The molecule has 1 spiro atoms. The van der Waals surface area contributed by atoms with E-state index in [1.807, 2.05) is 27.7 Å². The van der Waals surface area contributed by atoms with Gasteiger partial charge in [0.05, 0.1) is 7.11 Å². The van der Waals surface area contributed by atoms with Crippen LogP contribution in [0.4, 0.5) is 4.79 Å². The summed E-state index contributed by atoms with van der Waals surface area (Å²) in [4.78, 5) is 38.7. The van der Waals surface area contributed by atoms with Crippen molar-refractivity contribution in [3.8, 4) is 0 Å². The number of rotatable bonds is 1. The SMILES string of the molecule is COC(=O)C1C(=O)C(C)CC12CCCN(C(=O)OC(C)(C)C)CC2. The number of hydrogen-bond acceptors (Lipinski definition) is 5. The van der Waals surface area contributed by atoms with Crippen molar-refractivity contribution in [1.82, 2.24) is 4.90 Å². The van der Waals surface area contributed by atoms with Crippen LogP contribution in [0.2, 0.25) is 0 Å². The standard InChI is InChI=1S/C18H29NO5/c1-12-11-18(13(14(12)20)15(21)23-5)7-6-9-19(10-8-18)16(22)24-17(2,3)4/h12-13H,6-11H2,1-5H3. The number of Topliss-reactive ketones (excluding diaryl/α,β-unsaturated/α-hetero) is 1. The third kappa shape index (κ3) is 3.73. The monoisotopic (exact) mass is 339 g/mol. The Hall–Kier alpha value is -1.59. The van der Waals surface area contributed by atoms with E-state index in [0.29, 0.717) is 25.9 Å². The van der Waals surface area contributed by atoms with Gasteiger partial charge in [-0.05, 0) is 51.9 Å². The van der Waals surface area contributed by atoms with Crippen molar-refractivity contribution in [2.24, 2.45) is 17.3 Å². The summed E-state index contributed by atoms with van der Waals surface area (Å²) in [7, 11) is 1.33. The molecule has 1 saturated heterocycles. The van der Waals surface area contributed by atoms with Gasteiger partial charge >= 0.3 is 12.1 Å². The second-order valence-electron chi connectivity index (χ2n) is 8.15. The maximum atomic E-state index is 12.5. The lowest BCUT2D eigenvalue weighted by Gasteiger charge is -2.32. The van der Waals surface area contributed by atoms with Gasteiger partial charge in [-0.1, -0.05) is 6.92 Å². The van der Waals surface area contributed by atoms with Gasteiger partial charge < -0.3 is 14.4 Å². The van der Waals surface area contributed by atoms with Crippen LogP contribution in [0.15, 0.2) is 0 Å². The molecule has 0 radical (unpaired) electrons. The third-order valence-corrected chi connectivity index (χ3v) is 5.17. The van der Waals surface area contributed by atoms with Crippen molar-refractivity contribution in [2.45, 2.75) is 59.0 Å². The second-order valence-corrected chi connectivity index (χ2v) is 8.15. The molecule has 3 atom stereocenters. The summed E-state index contributed by atoms with van der Waals surface area (Å²) in [6, 6.07) is 0. The summed E-state index contributed by atoms with van der Waals surface area (Å²) < 4.78 is 10.3. The fourth-order valence-electron chi connectivity index (χ4n) is 4.12. The minimum Gasteiger partial charge on any atom is -0.468 e. The molecular weight excluding hydrogens is 310 g/mol. The van der Waals surface area contributed by atoms with Gasteiger partial charge in [-0.25, -0.2) is 4.79 Å². The smallest absolute Gasteiger partial charge is 0.410 e. The van der Waals surface area contributed by atoms with Crippen molar-refractivity contribution in [3.05, 3.63) is 0 Å². The van der Waals surface area contributed by atoms with E-state index < -0.39 is 17.5 Å². The van der Waals surface area contributed by atoms with Crippen LogP contribution < -0.4 is 0 Å². The fourth-order valence-corrected chi connectivity index (χ4v) is 4.12. The zero-order valence-electron chi connectivity index (χ0n) is 15.4. The quantitative estimate of drug-likeness (QED) is 0.542. The number of ether oxygens (including phenoxy) is 2. The molecule has 2 aliphatic rings. The minimum atomic E-state index is -0.698. The Morgan fingerprint density at radius 3 is 2.46 bits per heavy atom. The van der Waals surface area contributed by atoms with Crippen LogP contribution in [0.3, 0.4) is 0 Å². The van der Waals surface area contributed by atoms with Crippen LogP contribution in [-0.4, -0.2) is 48.5 Å². The number of hydrogen-bond donors (Lipinski definition) is 0. The molecule has 1 heterocycles. The first-order valence-electron chi connectivity index (χ1n) is 8.69. The zero-order chi connectivity index (χ0) is 18.1. The van der Waals surface area contributed by atoms with E-state index in [4.69, 9.17) is 9.47 Å². The Labute approximate surface area is 143 Å². The van der Waals surface area contributed by atoms with Crippen molar-refractivity contribution in [3.63, 3.8) is 0 Å². The summed E-state index contributed by atoms with van der Waals surface area (Å²) in [5.74, 6) is -1.29. The van der Waals surface area contributed by atoms with Gasteiger partial charge in [0.2, 0.25) is 0 Å². The van der Waals surface area contributed by atoms with Crippen LogP contribution >= 0.6 is 0 Å². The predicted octanol–water partition coefficient (Wildman–Crippen LogP) is 2.79. The first kappa shape index (κ1) is 18.7. The zero-order valence-corrected chi connectivity index (χ0v) is 15.4. The van der Waals surface area contributed by atoms with Crippen molar-refractivity contribution in [2.75, 3.05) is 20.2 Å². The highest BCUT2D eigenvalue weighted by Gasteiger charge is 2.55. The van der Waals surface area contributed by atoms with Crippen LogP contribution in [0.1, 0.15) is 53.4 Å². The van der Waals surface area contributed by atoms with Gasteiger partial charge in [0.1, 0.15) is 17.3 Å². The van der Waals surface area contributed by atoms with Gasteiger partial charge in [0.25, 0.3) is 0 Å². The van der Waals surface area contributed by atoms with Crippen LogP contribution in [0.5, 0.6) is 0 Å². The second kappa shape index (κ2) is 6.73. The van der Waals surface area contributed by atoms with E-state index >= 15 is 0 Å². The number of amides is 1. The number of carbonyl (C=O) groups excluding carboxylic acids is 3. The maximum Gasteiger partial charge on any atom is 0.410 e. The van der Waals surface area contributed by atoms with E-state index in [9.17, 15) is 14.4 Å². The lowest BCUT2D eigenvalue weighted by atomic mass is 9.72. The highest BCUT2D eigenvalue weighted by molar-refractivity contribution is 6.02. The van der Waals surface area contributed by atoms with Crippen molar-refractivity contribution < 1.29 is 23.9 Å². The molecule has 1 aliphatic heterocycles. The molecule has 0 aromatic carbocycles. The molecular formula is C18H29NO5. The van der Waals surface area contributed by atoms with E-state index in [0.717, 1.165) is 12.8 Å². The molecule has 6 nitrogen and oxygen atoms in total. The molecule has 1 amide bonds. The highest BCUT2D eigenvalue weighted by atomic mass is 16.6. The molecule has 136 valence electrons. The van der Waals surface area contributed by atoms with Gasteiger partial charge in [0, 0.05) is 19.0 Å². The normalized spacial score (nSPS) is 31.0. The van der Waals surface area contributed by atoms with Crippen molar-refractivity contribution >= 4 is 17.8 Å². The predicted molar refractivity (Wildman–Crippen MR) is 88.4 cm³/mol. The first-order chi connectivity index (χ1) is 11.1. The fraction of sp³-hybridized carbons (Fsp3) is 0.833. The largest absolute Gasteiger partial charge is 0.468 e. The average molecular weight is 339 g/mol. The van der Waals surface area contributed by atoms with E-state index in [1.54, 1.807) is 4.90 Å². The van der Waals surface area contributed by atoms with Gasteiger partial charge in [-0.15, -0.1) is 0 Å². The van der Waals surface area contributed by atoms with E-state index in [-0.39, 0.29) is 23.2 Å². The topological polar surface area (TPSA) is 72.9 Å². The average Bonchev–Trinajstić information content (AvgIpc) is 2.63. The Kier molecular flexibility index (Phi) is 5.25. The highest BCUT2D eigenvalue weighted by Crippen LogP contribution is 2.51. The summed E-state index contributed by atoms with van der Waals surface area (Å²) in [6.45, 7) is 8.50. The number of carbonyl (C=O) groups is 3. The molecule has 2 fully saturated rings. The van der Waals surface area contributed by atoms with Gasteiger partial charge in [-0.3, -0.25) is 9.59 Å². The molecule has 6 heteroatoms. The molecule has 24 heavy (non-hydrogen) atoms. The first-order valence-corrected chi connectivity index (χ1v) is 8.69. The Morgan fingerprint density at radius 2 is 1.88 bits per heavy atom. The summed E-state index contributed by atoms with van der Waals surface area (Å²) >= 11 is 0. The molecule has 3 unspecified atom stereocenters. The number of esters is 1. The van der Waals surface area contributed by atoms with E-state index in [2.05, 4.69) is 0 Å². The molecule has 0 bridgehead atoms. The van der Waals surface area contributed by atoms with Crippen LogP contribution in [-0.2, 0) is 19.1 Å². The lowest BCUT2D eigenvalue weighted by Crippen LogP contribution is -2.39. The third-order valence-electron chi connectivity index (χ3n) is 5.17. The maximum absolute atomic E-state index is 12.5. The molecule has 2 rings (SSSR count). The summed E-state index contributed by atoms with van der Waals surface area (Å²) in [6.07, 6.45) is 2.50. The molecule has 0 aromatic rings. The summed E-state index contributed by atoms with van der Waals surface area (Å²) in [5.41, 5.74) is -0.923.